The van der Waals surface area contributed by atoms with Gasteiger partial charge in [0.2, 0.25) is 0 Å². The highest BCUT2D eigenvalue weighted by atomic mass is 16.5. The van der Waals surface area contributed by atoms with Crippen LogP contribution < -0.4 is 10.1 Å². The Kier molecular flexibility index (Phi) is 5.57. The van der Waals surface area contributed by atoms with Crippen LogP contribution in [0.5, 0.6) is 5.75 Å². The van der Waals surface area contributed by atoms with E-state index in [2.05, 4.69) is 10.3 Å². The van der Waals surface area contributed by atoms with E-state index in [-0.39, 0.29) is 24.1 Å². The molecule has 0 fully saturated rings. The predicted octanol–water partition coefficient (Wildman–Crippen LogP) is 3.87. The van der Waals surface area contributed by atoms with Crippen LogP contribution in [0.3, 0.4) is 0 Å². The first kappa shape index (κ1) is 19.4. The Balaban J connectivity index is 1.71. The molecule has 0 bridgehead atoms. The third kappa shape index (κ3) is 3.93. The molecule has 2 amide bonds. The monoisotopic (exact) mass is 399 g/mol. The SMILES string of the molecule is CCOc1ccc(C2=C(Nc3ccccc3)C(=O)N(Cc3ccncc3)C2=O)cc1. The molecule has 1 N–H and O–H groups in total. The third-order valence-corrected chi connectivity index (χ3v) is 4.76. The molecule has 0 unspecified atom stereocenters. The fourth-order valence-corrected chi connectivity index (χ4v) is 3.32. The number of ether oxygens (including phenoxy) is 1. The van der Waals surface area contributed by atoms with Gasteiger partial charge in [0.15, 0.2) is 0 Å². The number of aromatic nitrogens is 1. The van der Waals surface area contributed by atoms with Crippen molar-refractivity contribution >= 4 is 23.1 Å². The number of benzene rings is 2. The number of nitrogens with zero attached hydrogens (tertiary/aromatic N) is 2. The second-order valence-corrected chi connectivity index (χ2v) is 6.75. The van der Waals surface area contributed by atoms with E-state index in [9.17, 15) is 9.59 Å². The summed E-state index contributed by atoms with van der Waals surface area (Å²) < 4.78 is 5.49. The van der Waals surface area contributed by atoms with Gasteiger partial charge >= 0.3 is 0 Å². The zero-order valence-corrected chi connectivity index (χ0v) is 16.5. The minimum Gasteiger partial charge on any atom is -0.494 e. The van der Waals surface area contributed by atoms with Crippen molar-refractivity contribution in [2.24, 2.45) is 0 Å². The number of hydrogen-bond acceptors (Lipinski definition) is 5. The van der Waals surface area contributed by atoms with Gasteiger partial charge in [-0.25, -0.2) is 0 Å². The molecule has 0 aliphatic carbocycles. The molecule has 6 heteroatoms. The lowest BCUT2D eigenvalue weighted by Crippen LogP contribution is -2.32. The van der Waals surface area contributed by atoms with Gasteiger partial charge in [0.25, 0.3) is 11.8 Å². The summed E-state index contributed by atoms with van der Waals surface area (Å²) in [7, 11) is 0. The maximum atomic E-state index is 13.3. The first-order valence-electron chi connectivity index (χ1n) is 9.72. The molecule has 0 saturated heterocycles. The van der Waals surface area contributed by atoms with Crippen LogP contribution in [0, 0.1) is 0 Å². The highest BCUT2D eigenvalue weighted by molar-refractivity contribution is 6.36. The van der Waals surface area contributed by atoms with E-state index in [1.165, 1.54) is 4.90 Å². The number of amides is 2. The molecule has 3 aromatic rings. The first-order chi connectivity index (χ1) is 14.7. The van der Waals surface area contributed by atoms with Crippen molar-refractivity contribution in [1.29, 1.82) is 0 Å². The Morgan fingerprint density at radius 2 is 1.60 bits per heavy atom. The van der Waals surface area contributed by atoms with Crippen LogP contribution in [0.15, 0.2) is 84.8 Å². The molecule has 0 saturated carbocycles. The van der Waals surface area contributed by atoms with Gasteiger partial charge in [0, 0.05) is 18.1 Å². The van der Waals surface area contributed by atoms with Gasteiger partial charge in [0.1, 0.15) is 11.4 Å². The summed E-state index contributed by atoms with van der Waals surface area (Å²) in [6.45, 7) is 2.65. The number of nitrogens with one attached hydrogen (secondary N) is 1. The third-order valence-electron chi connectivity index (χ3n) is 4.76. The molecular weight excluding hydrogens is 378 g/mol. The van der Waals surface area contributed by atoms with Gasteiger partial charge < -0.3 is 10.1 Å². The van der Waals surface area contributed by atoms with E-state index < -0.39 is 0 Å². The van der Waals surface area contributed by atoms with Crippen LogP contribution in [0.25, 0.3) is 5.57 Å². The standard InChI is InChI=1S/C24H21N3O3/c1-2-30-20-10-8-18(9-11-20)21-22(26-19-6-4-3-5-7-19)24(29)27(23(21)28)16-17-12-14-25-15-13-17/h3-15,26H,2,16H2,1H3. The Bertz CT molecular complexity index is 1080. The lowest BCUT2D eigenvalue weighted by Gasteiger charge is -2.15. The maximum Gasteiger partial charge on any atom is 0.278 e. The molecule has 30 heavy (non-hydrogen) atoms. The average Bonchev–Trinajstić information content (AvgIpc) is 3.00. The van der Waals surface area contributed by atoms with E-state index in [1.807, 2.05) is 37.3 Å². The van der Waals surface area contributed by atoms with Crippen LogP contribution in [-0.2, 0) is 16.1 Å². The van der Waals surface area contributed by atoms with E-state index in [1.54, 1.807) is 48.8 Å². The summed E-state index contributed by atoms with van der Waals surface area (Å²) in [6.07, 6.45) is 3.29. The van der Waals surface area contributed by atoms with Crippen molar-refractivity contribution < 1.29 is 14.3 Å². The number of carbonyl (C=O) groups is 2. The molecule has 0 atom stereocenters. The molecule has 2 heterocycles. The highest BCUT2D eigenvalue weighted by Gasteiger charge is 2.39. The smallest absolute Gasteiger partial charge is 0.278 e. The van der Waals surface area contributed by atoms with Crippen LogP contribution in [0.1, 0.15) is 18.1 Å². The Hall–Kier alpha value is -3.93. The lowest BCUT2D eigenvalue weighted by atomic mass is 10.0. The quantitative estimate of drug-likeness (QED) is 0.611. The van der Waals surface area contributed by atoms with E-state index in [0.29, 0.717) is 23.5 Å². The lowest BCUT2D eigenvalue weighted by molar-refractivity contribution is -0.137. The van der Waals surface area contributed by atoms with Crippen molar-refractivity contribution in [3.63, 3.8) is 0 Å². The molecule has 4 rings (SSSR count). The van der Waals surface area contributed by atoms with Gasteiger partial charge in [-0.1, -0.05) is 30.3 Å². The summed E-state index contributed by atoms with van der Waals surface area (Å²) in [5, 5.41) is 3.15. The Morgan fingerprint density at radius 3 is 2.27 bits per heavy atom. The van der Waals surface area contributed by atoms with Crippen LogP contribution >= 0.6 is 0 Å². The first-order valence-corrected chi connectivity index (χ1v) is 9.72. The normalized spacial score (nSPS) is 13.7. The molecule has 1 aliphatic heterocycles. The predicted molar refractivity (Wildman–Crippen MR) is 114 cm³/mol. The van der Waals surface area contributed by atoms with Crippen molar-refractivity contribution in [2.45, 2.75) is 13.5 Å². The Labute approximate surface area is 174 Å². The fraction of sp³-hybridized carbons (Fsp3) is 0.125. The second-order valence-electron chi connectivity index (χ2n) is 6.75. The van der Waals surface area contributed by atoms with Crippen LogP contribution in [-0.4, -0.2) is 28.3 Å². The van der Waals surface area contributed by atoms with Crippen molar-refractivity contribution in [3.05, 3.63) is 95.9 Å². The Morgan fingerprint density at radius 1 is 0.900 bits per heavy atom. The topological polar surface area (TPSA) is 71.5 Å². The summed E-state index contributed by atoms with van der Waals surface area (Å²) in [5.74, 6) is 0.0220. The minimum absolute atomic E-state index is 0.181. The second kappa shape index (κ2) is 8.61. The van der Waals surface area contributed by atoms with Crippen LogP contribution in [0.2, 0.25) is 0 Å². The van der Waals surface area contributed by atoms with Crippen molar-refractivity contribution in [1.82, 2.24) is 9.88 Å². The number of pyridine rings is 1. The van der Waals surface area contributed by atoms with E-state index >= 15 is 0 Å². The largest absolute Gasteiger partial charge is 0.494 e. The summed E-state index contributed by atoms with van der Waals surface area (Å²) in [5.41, 5.74) is 2.85. The number of imide groups is 1. The molecule has 0 spiro atoms. The number of para-hydroxylation sites is 1. The summed E-state index contributed by atoms with van der Waals surface area (Å²) >= 11 is 0. The molecule has 150 valence electrons. The van der Waals surface area contributed by atoms with Gasteiger partial charge in [-0.15, -0.1) is 0 Å². The fourth-order valence-electron chi connectivity index (χ4n) is 3.32. The molecular formula is C24H21N3O3. The summed E-state index contributed by atoms with van der Waals surface area (Å²) in [4.78, 5) is 31.8. The summed E-state index contributed by atoms with van der Waals surface area (Å²) in [6, 6.07) is 20.1. The van der Waals surface area contributed by atoms with Gasteiger partial charge in [-0.05, 0) is 54.4 Å². The zero-order valence-electron chi connectivity index (χ0n) is 16.5. The zero-order chi connectivity index (χ0) is 20.9. The average molecular weight is 399 g/mol. The molecule has 1 aliphatic rings. The molecule has 1 aromatic heterocycles. The number of carbonyl (C=O) groups excluding carboxylic acids is 2. The molecule has 0 radical (unpaired) electrons. The number of rotatable bonds is 7. The molecule has 6 nitrogen and oxygen atoms in total. The van der Waals surface area contributed by atoms with Gasteiger partial charge in [-0.2, -0.15) is 0 Å². The molecule has 2 aromatic carbocycles. The van der Waals surface area contributed by atoms with Crippen molar-refractivity contribution in [3.8, 4) is 5.75 Å². The van der Waals surface area contributed by atoms with Gasteiger partial charge in [0.05, 0.1) is 18.7 Å². The van der Waals surface area contributed by atoms with E-state index in [0.717, 1.165) is 11.3 Å². The number of anilines is 1. The minimum atomic E-state index is -0.357. The highest BCUT2D eigenvalue weighted by Crippen LogP contribution is 2.32. The maximum absolute atomic E-state index is 13.3. The number of hydrogen-bond donors (Lipinski definition) is 1. The van der Waals surface area contributed by atoms with Gasteiger partial charge in [-0.3, -0.25) is 19.5 Å². The van der Waals surface area contributed by atoms with Crippen LogP contribution in [0.4, 0.5) is 5.69 Å². The van der Waals surface area contributed by atoms with E-state index in [4.69, 9.17) is 4.74 Å². The van der Waals surface area contributed by atoms with Crippen molar-refractivity contribution in [2.75, 3.05) is 11.9 Å².